The normalized spacial score (nSPS) is 17.3. The van der Waals surface area contributed by atoms with E-state index in [2.05, 4.69) is 31.5 Å². The van der Waals surface area contributed by atoms with Gasteiger partial charge < -0.3 is 19.6 Å². The Kier molecular flexibility index (Phi) is 9.58. The Morgan fingerprint density at radius 2 is 1.54 bits per heavy atom. The fourth-order valence-corrected chi connectivity index (χ4v) is 9.48. The highest BCUT2D eigenvalue weighted by molar-refractivity contribution is 6.99. The van der Waals surface area contributed by atoms with Gasteiger partial charge in [0.05, 0.1) is 6.61 Å². The first kappa shape index (κ1) is 30.3. The summed E-state index contributed by atoms with van der Waals surface area (Å²) < 4.78 is 12.4. The van der Waals surface area contributed by atoms with Crippen LogP contribution in [-0.2, 0) is 18.8 Å². The summed E-state index contributed by atoms with van der Waals surface area (Å²) in [6.45, 7) is 11.8. The highest BCUT2D eigenvalue weighted by Crippen LogP contribution is 2.36. The zero-order valence-corrected chi connectivity index (χ0v) is 24.7. The van der Waals surface area contributed by atoms with E-state index in [-0.39, 0.29) is 11.6 Å². The van der Waals surface area contributed by atoms with Gasteiger partial charge in [0.1, 0.15) is 17.7 Å². The van der Waals surface area contributed by atoms with Crippen LogP contribution in [0.3, 0.4) is 0 Å². The fraction of sp³-hybridized carbons (Fsp3) is 0.483. The van der Waals surface area contributed by atoms with Crippen molar-refractivity contribution < 1.29 is 28.7 Å². The molecule has 1 aliphatic rings. The molecule has 0 saturated carbocycles. The Hall–Kier alpha value is -3.21. The lowest BCUT2D eigenvalue weighted by Crippen LogP contribution is -2.68. The summed E-state index contributed by atoms with van der Waals surface area (Å²) in [5, 5.41) is 15.2. The van der Waals surface area contributed by atoms with Crippen molar-refractivity contribution in [2.75, 3.05) is 13.2 Å². The number of hydrogen-bond acceptors (Lipinski definition) is 6. The minimum atomic E-state index is -3.01. The number of ether oxygens (including phenoxy) is 1. The third kappa shape index (κ3) is 7.46. The van der Waals surface area contributed by atoms with Crippen LogP contribution in [-0.4, -0.2) is 67.2 Å². The van der Waals surface area contributed by atoms with Gasteiger partial charge in [0.15, 0.2) is 0 Å². The maximum Gasteiger partial charge on any atom is 0.408 e. The Bertz CT molecular complexity index is 1090. The van der Waals surface area contributed by atoms with Crippen molar-refractivity contribution in [2.45, 2.75) is 77.1 Å². The summed E-state index contributed by atoms with van der Waals surface area (Å²) in [4.78, 5) is 38.2. The van der Waals surface area contributed by atoms with Crippen LogP contribution in [0, 0.1) is 0 Å². The molecule has 0 spiro atoms. The highest BCUT2D eigenvalue weighted by atomic mass is 28.4. The van der Waals surface area contributed by atoms with Crippen molar-refractivity contribution in [3.63, 3.8) is 0 Å². The predicted octanol–water partition coefficient (Wildman–Crippen LogP) is 3.04. The standard InChI is InChI=1S/C29H41N3O6Si/c1-28(2,3)38-27(36)30-24(25(33)32-19-13-18-23(31-32)26(34)35)20-37-39(29(4,5)6,21-14-9-7-10-15-21)22-16-11-8-12-17-22/h7-12,14-17,23-24,31H,13,18-20H2,1-6H3,(H,30,36)(H,34,35)/t23-,24-/m0/s1. The number of aliphatic carboxylic acids is 1. The van der Waals surface area contributed by atoms with Crippen LogP contribution in [0.25, 0.3) is 0 Å². The average molecular weight is 556 g/mol. The molecule has 1 fully saturated rings. The van der Waals surface area contributed by atoms with Gasteiger partial charge in [-0.25, -0.2) is 10.2 Å². The largest absolute Gasteiger partial charge is 0.480 e. The van der Waals surface area contributed by atoms with Gasteiger partial charge in [0, 0.05) is 6.54 Å². The number of nitrogens with one attached hydrogen (secondary N) is 2. The van der Waals surface area contributed by atoms with E-state index in [0.717, 1.165) is 10.4 Å². The quantitative estimate of drug-likeness (QED) is 0.429. The molecule has 0 unspecified atom stereocenters. The molecule has 2 aromatic carbocycles. The van der Waals surface area contributed by atoms with E-state index in [1.54, 1.807) is 20.8 Å². The maximum atomic E-state index is 13.7. The zero-order chi connectivity index (χ0) is 28.8. The lowest BCUT2D eigenvalue weighted by atomic mass is 10.1. The van der Waals surface area contributed by atoms with E-state index in [4.69, 9.17) is 9.16 Å². The minimum Gasteiger partial charge on any atom is -0.480 e. The predicted molar refractivity (Wildman–Crippen MR) is 152 cm³/mol. The van der Waals surface area contributed by atoms with Crippen molar-refractivity contribution in [1.82, 2.24) is 15.8 Å². The number of amides is 2. The van der Waals surface area contributed by atoms with Gasteiger partial charge in [-0.1, -0.05) is 81.4 Å². The Balaban J connectivity index is 2.00. The van der Waals surface area contributed by atoms with Gasteiger partial charge in [0.2, 0.25) is 0 Å². The SMILES string of the molecule is CC(C)(C)OC(=O)N[C@@H](CO[Si](c1ccccc1)(c1ccccc1)C(C)(C)C)C(=O)N1CCC[C@@H](C(=O)O)N1. The molecule has 3 rings (SSSR count). The second kappa shape index (κ2) is 12.3. The lowest BCUT2D eigenvalue weighted by Gasteiger charge is -2.44. The topological polar surface area (TPSA) is 117 Å². The summed E-state index contributed by atoms with van der Waals surface area (Å²) in [7, 11) is -3.01. The molecule has 1 aliphatic heterocycles. The molecule has 10 heteroatoms. The number of hydrazine groups is 1. The van der Waals surface area contributed by atoms with E-state index in [1.807, 2.05) is 60.7 Å². The number of carboxylic acid groups (broad SMARTS) is 1. The number of benzene rings is 2. The molecule has 0 aliphatic carbocycles. The number of rotatable bonds is 8. The first-order valence-electron chi connectivity index (χ1n) is 13.3. The van der Waals surface area contributed by atoms with Crippen molar-refractivity contribution >= 4 is 36.7 Å². The fourth-order valence-electron chi connectivity index (χ4n) is 4.91. The molecule has 1 saturated heterocycles. The van der Waals surface area contributed by atoms with Crippen LogP contribution in [0.5, 0.6) is 0 Å². The van der Waals surface area contributed by atoms with Crippen LogP contribution in [0.4, 0.5) is 4.79 Å². The van der Waals surface area contributed by atoms with Crippen molar-refractivity contribution in [2.24, 2.45) is 0 Å². The Morgan fingerprint density at radius 3 is 2.00 bits per heavy atom. The van der Waals surface area contributed by atoms with Crippen molar-refractivity contribution in [3.05, 3.63) is 60.7 Å². The monoisotopic (exact) mass is 555 g/mol. The molecule has 212 valence electrons. The first-order valence-corrected chi connectivity index (χ1v) is 15.2. The van der Waals surface area contributed by atoms with Crippen molar-refractivity contribution in [1.29, 1.82) is 0 Å². The summed E-state index contributed by atoms with van der Waals surface area (Å²) in [5.41, 5.74) is 2.02. The highest BCUT2D eigenvalue weighted by Gasteiger charge is 2.51. The summed E-state index contributed by atoms with van der Waals surface area (Å²) >= 11 is 0. The summed E-state index contributed by atoms with van der Waals surface area (Å²) in [5.74, 6) is -1.52. The number of nitrogens with zero attached hydrogens (tertiary/aromatic N) is 1. The first-order chi connectivity index (χ1) is 18.2. The van der Waals surface area contributed by atoms with E-state index in [0.29, 0.717) is 19.4 Å². The smallest absolute Gasteiger partial charge is 0.408 e. The summed E-state index contributed by atoms with van der Waals surface area (Å²) in [6, 6.07) is 18.0. The third-order valence-corrected chi connectivity index (χ3v) is 11.6. The molecular weight excluding hydrogens is 514 g/mol. The van der Waals surface area contributed by atoms with Crippen LogP contribution < -0.4 is 21.1 Å². The molecule has 1 heterocycles. The number of carbonyl (C=O) groups excluding carboxylic acids is 2. The molecule has 0 radical (unpaired) electrons. The molecule has 2 amide bonds. The van der Waals surface area contributed by atoms with Gasteiger partial charge in [-0.2, -0.15) is 0 Å². The molecular formula is C29H41N3O6Si. The number of alkyl carbamates (subject to hydrolysis) is 1. The molecule has 2 atom stereocenters. The molecule has 3 N–H and O–H groups in total. The van der Waals surface area contributed by atoms with E-state index in [9.17, 15) is 19.5 Å². The Morgan fingerprint density at radius 1 is 1.00 bits per heavy atom. The van der Waals surface area contributed by atoms with Gasteiger partial charge in [-0.3, -0.25) is 14.6 Å². The number of carboxylic acids is 1. The van der Waals surface area contributed by atoms with Crippen molar-refractivity contribution in [3.8, 4) is 0 Å². The van der Waals surface area contributed by atoms with E-state index >= 15 is 0 Å². The molecule has 0 aromatic heterocycles. The van der Waals surface area contributed by atoms with E-state index in [1.165, 1.54) is 5.01 Å². The number of carbonyl (C=O) groups is 3. The third-order valence-electron chi connectivity index (χ3n) is 6.62. The summed E-state index contributed by atoms with van der Waals surface area (Å²) in [6.07, 6.45) is 0.172. The van der Waals surface area contributed by atoms with Crippen LogP contribution >= 0.6 is 0 Å². The molecule has 9 nitrogen and oxygen atoms in total. The van der Waals surface area contributed by atoms with E-state index < -0.39 is 44.0 Å². The molecule has 2 aromatic rings. The zero-order valence-electron chi connectivity index (χ0n) is 23.7. The van der Waals surface area contributed by atoms with Crippen LogP contribution in [0.1, 0.15) is 54.4 Å². The van der Waals surface area contributed by atoms with Gasteiger partial charge in [0.25, 0.3) is 14.2 Å². The molecule has 0 bridgehead atoms. The second-order valence-electron chi connectivity index (χ2n) is 11.8. The maximum absolute atomic E-state index is 13.7. The van der Waals surface area contributed by atoms with Crippen LogP contribution in [0.15, 0.2) is 60.7 Å². The van der Waals surface area contributed by atoms with Gasteiger partial charge >= 0.3 is 12.1 Å². The average Bonchev–Trinajstić information content (AvgIpc) is 2.87. The van der Waals surface area contributed by atoms with Crippen LogP contribution in [0.2, 0.25) is 5.04 Å². The molecule has 39 heavy (non-hydrogen) atoms. The lowest BCUT2D eigenvalue weighted by molar-refractivity contribution is -0.148. The second-order valence-corrected chi connectivity index (χ2v) is 16.1. The van der Waals surface area contributed by atoms with Gasteiger partial charge in [-0.15, -0.1) is 0 Å². The minimum absolute atomic E-state index is 0.124. The van der Waals surface area contributed by atoms with Gasteiger partial charge in [-0.05, 0) is 49.0 Å². The Labute approximate surface area is 232 Å². The number of hydrogen-bond donors (Lipinski definition) is 3.